The molecule has 1 aliphatic rings. The standard InChI is InChI=1S/C18H18FNO/c19-16-10-8-14(9-11-16)13-18(21)20-12-4-7-17(20)15-5-2-1-3-6-15/h1-3,5-6,8-11,17H,4,7,12-13H2. The molecule has 21 heavy (non-hydrogen) atoms. The minimum absolute atomic E-state index is 0.118. The molecule has 0 bridgehead atoms. The van der Waals surface area contributed by atoms with E-state index in [1.54, 1.807) is 12.1 Å². The predicted molar refractivity (Wildman–Crippen MR) is 80.2 cm³/mol. The van der Waals surface area contributed by atoms with Crippen molar-refractivity contribution >= 4 is 5.91 Å². The van der Waals surface area contributed by atoms with Gasteiger partial charge in [0.25, 0.3) is 0 Å². The van der Waals surface area contributed by atoms with Crippen LogP contribution in [0, 0.1) is 5.82 Å². The van der Waals surface area contributed by atoms with Gasteiger partial charge in [-0.1, -0.05) is 42.5 Å². The van der Waals surface area contributed by atoms with Gasteiger partial charge < -0.3 is 4.90 Å². The molecule has 1 aliphatic heterocycles. The van der Waals surface area contributed by atoms with Crippen molar-refractivity contribution in [3.05, 3.63) is 71.5 Å². The van der Waals surface area contributed by atoms with E-state index in [0.29, 0.717) is 6.42 Å². The van der Waals surface area contributed by atoms with Crippen molar-refractivity contribution in [2.45, 2.75) is 25.3 Å². The largest absolute Gasteiger partial charge is 0.335 e. The first-order valence-electron chi connectivity index (χ1n) is 7.33. The van der Waals surface area contributed by atoms with Crippen LogP contribution in [0.3, 0.4) is 0 Å². The molecule has 1 amide bonds. The summed E-state index contributed by atoms with van der Waals surface area (Å²) in [6.45, 7) is 0.805. The van der Waals surface area contributed by atoms with Crippen LogP contribution >= 0.6 is 0 Å². The summed E-state index contributed by atoms with van der Waals surface area (Å²) >= 11 is 0. The molecule has 2 aromatic carbocycles. The fraction of sp³-hybridized carbons (Fsp3) is 0.278. The monoisotopic (exact) mass is 283 g/mol. The summed E-state index contributed by atoms with van der Waals surface area (Å²) < 4.78 is 12.9. The summed E-state index contributed by atoms with van der Waals surface area (Å²) in [5.74, 6) is -0.150. The normalized spacial score (nSPS) is 18.0. The summed E-state index contributed by atoms with van der Waals surface area (Å²) in [4.78, 5) is 14.5. The molecule has 3 rings (SSSR count). The summed E-state index contributed by atoms with van der Waals surface area (Å²) in [5, 5.41) is 0. The fourth-order valence-corrected chi connectivity index (χ4v) is 2.97. The number of nitrogens with zero attached hydrogens (tertiary/aromatic N) is 1. The highest BCUT2D eigenvalue weighted by molar-refractivity contribution is 5.79. The lowest BCUT2D eigenvalue weighted by Gasteiger charge is -2.25. The first-order chi connectivity index (χ1) is 10.2. The molecule has 0 saturated carbocycles. The quantitative estimate of drug-likeness (QED) is 0.840. The first-order valence-corrected chi connectivity index (χ1v) is 7.33. The van der Waals surface area contributed by atoms with Crippen molar-refractivity contribution in [1.29, 1.82) is 0 Å². The van der Waals surface area contributed by atoms with Crippen LogP contribution in [0.15, 0.2) is 54.6 Å². The molecule has 0 aliphatic carbocycles. The number of likely N-dealkylation sites (tertiary alicyclic amines) is 1. The molecule has 1 saturated heterocycles. The van der Waals surface area contributed by atoms with E-state index in [1.807, 2.05) is 23.1 Å². The molecule has 1 unspecified atom stereocenters. The summed E-state index contributed by atoms with van der Waals surface area (Å²) in [7, 11) is 0. The van der Waals surface area contributed by atoms with E-state index in [-0.39, 0.29) is 17.8 Å². The van der Waals surface area contributed by atoms with Crippen LogP contribution in [0.4, 0.5) is 4.39 Å². The Morgan fingerprint density at radius 1 is 1.10 bits per heavy atom. The zero-order valence-corrected chi connectivity index (χ0v) is 11.8. The minimum atomic E-state index is -0.269. The Morgan fingerprint density at radius 2 is 1.81 bits per heavy atom. The Balaban J connectivity index is 1.73. The Kier molecular flexibility index (Phi) is 4.00. The van der Waals surface area contributed by atoms with Crippen molar-refractivity contribution in [3.8, 4) is 0 Å². The van der Waals surface area contributed by atoms with Crippen LogP contribution in [0.25, 0.3) is 0 Å². The number of carbonyl (C=O) groups excluding carboxylic acids is 1. The van der Waals surface area contributed by atoms with Gasteiger partial charge in [-0.25, -0.2) is 4.39 Å². The van der Waals surface area contributed by atoms with E-state index >= 15 is 0 Å². The van der Waals surface area contributed by atoms with Gasteiger partial charge in [-0.3, -0.25) is 4.79 Å². The van der Waals surface area contributed by atoms with Gasteiger partial charge in [0.15, 0.2) is 0 Å². The molecular formula is C18H18FNO. The molecule has 0 spiro atoms. The maximum absolute atomic E-state index is 12.9. The van der Waals surface area contributed by atoms with Crippen molar-refractivity contribution in [2.75, 3.05) is 6.54 Å². The van der Waals surface area contributed by atoms with Crippen molar-refractivity contribution in [1.82, 2.24) is 4.90 Å². The smallest absolute Gasteiger partial charge is 0.227 e. The molecule has 0 N–H and O–H groups in total. The second-order valence-corrected chi connectivity index (χ2v) is 5.46. The number of hydrogen-bond donors (Lipinski definition) is 0. The lowest BCUT2D eigenvalue weighted by molar-refractivity contribution is -0.131. The van der Waals surface area contributed by atoms with Gasteiger partial charge >= 0.3 is 0 Å². The summed E-state index contributed by atoms with van der Waals surface area (Å²) in [6, 6.07) is 16.5. The van der Waals surface area contributed by atoms with E-state index < -0.39 is 0 Å². The van der Waals surface area contributed by atoms with E-state index in [4.69, 9.17) is 0 Å². The number of carbonyl (C=O) groups is 1. The summed E-state index contributed by atoms with van der Waals surface area (Å²) in [6.07, 6.45) is 2.39. The van der Waals surface area contributed by atoms with Gasteiger partial charge in [0.1, 0.15) is 5.82 Å². The maximum atomic E-state index is 12.9. The van der Waals surface area contributed by atoms with Gasteiger partial charge in [-0.2, -0.15) is 0 Å². The number of hydrogen-bond acceptors (Lipinski definition) is 1. The van der Waals surface area contributed by atoms with Gasteiger partial charge in [-0.15, -0.1) is 0 Å². The highest BCUT2D eigenvalue weighted by Crippen LogP contribution is 2.32. The average molecular weight is 283 g/mol. The highest BCUT2D eigenvalue weighted by Gasteiger charge is 2.29. The second-order valence-electron chi connectivity index (χ2n) is 5.46. The Morgan fingerprint density at radius 3 is 2.52 bits per heavy atom. The highest BCUT2D eigenvalue weighted by atomic mass is 19.1. The summed E-state index contributed by atoms with van der Waals surface area (Å²) in [5.41, 5.74) is 2.06. The Bertz CT molecular complexity index is 609. The second kappa shape index (κ2) is 6.08. The molecule has 2 aromatic rings. The number of benzene rings is 2. The van der Waals surface area contributed by atoms with Gasteiger partial charge in [-0.05, 0) is 36.1 Å². The molecule has 2 nitrogen and oxygen atoms in total. The third kappa shape index (κ3) is 3.13. The topological polar surface area (TPSA) is 20.3 Å². The molecule has 108 valence electrons. The van der Waals surface area contributed by atoms with Crippen LogP contribution in [-0.2, 0) is 11.2 Å². The third-order valence-electron chi connectivity index (χ3n) is 4.03. The van der Waals surface area contributed by atoms with E-state index in [9.17, 15) is 9.18 Å². The van der Waals surface area contributed by atoms with Gasteiger partial charge in [0, 0.05) is 6.54 Å². The van der Waals surface area contributed by atoms with Crippen molar-refractivity contribution in [2.24, 2.45) is 0 Å². The van der Waals surface area contributed by atoms with E-state index in [1.165, 1.54) is 17.7 Å². The van der Waals surface area contributed by atoms with Crippen LogP contribution in [0.5, 0.6) is 0 Å². The first kappa shape index (κ1) is 13.8. The predicted octanol–water partition coefficient (Wildman–Crippen LogP) is 3.73. The maximum Gasteiger partial charge on any atom is 0.227 e. The Hall–Kier alpha value is -2.16. The molecular weight excluding hydrogens is 265 g/mol. The van der Waals surface area contributed by atoms with E-state index in [0.717, 1.165) is 24.9 Å². The molecule has 1 fully saturated rings. The molecule has 0 aromatic heterocycles. The van der Waals surface area contributed by atoms with E-state index in [2.05, 4.69) is 12.1 Å². The van der Waals surface area contributed by atoms with Gasteiger partial charge in [0.05, 0.1) is 12.5 Å². The number of rotatable bonds is 3. The molecule has 0 radical (unpaired) electrons. The van der Waals surface area contributed by atoms with Crippen LogP contribution in [0.2, 0.25) is 0 Å². The molecule has 3 heteroatoms. The van der Waals surface area contributed by atoms with Crippen LogP contribution in [0.1, 0.15) is 30.0 Å². The van der Waals surface area contributed by atoms with Crippen molar-refractivity contribution < 1.29 is 9.18 Å². The van der Waals surface area contributed by atoms with Crippen LogP contribution in [-0.4, -0.2) is 17.4 Å². The lowest BCUT2D eigenvalue weighted by Crippen LogP contribution is -2.31. The zero-order valence-electron chi connectivity index (χ0n) is 11.8. The fourth-order valence-electron chi connectivity index (χ4n) is 2.97. The number of amides is 1. The number of halogens is 1. The molecule has 1 atom stereocenters. The third-order valence-corrected chi connectivity index (χ3v) is 4.03. The average Bonchev–Trinajstić information content (AvgIpc) is 3.00. The Labute approximate surface area is 124 Å². The molecule has 1 heterocycles. The van der Waals surface area contributed by atoms with Gasteiger partial charge in [0.2, 0.25) is 5.91 Å². The zero-order chi connectivity index (χ0) is 14.7. The SMILES string of the molecule is O=C(Cc1ccc(F)cc1)N1CCCC1c1ccccc1. The van der Waals surface area contributed by atoms with Crippen molar-refractivity contribution in [3.63, 3.8) is 0 Å². The minimum Gasteiger partial charge on any atom is -0.335 e. The lowest BCUT2D eigenvalue weighted by atomic mass is 10.0. The van der Waals surface area contributed by atoms with Crippen LogP contribution < -0.4 is 0 Å².